The molecule has 0 aliphatic carbocycles. The third-order valence-electron chi connectivity index (χ3n) is 2.79. The molecule has 0 bridgehead atoms. The van der Waals surface area contributed by atoms with E-state index in [1.807, 2.05) is 6.92 Å². The monoisotopic (exact) mass is 259 g/mol. The van der Waals surface area contributed by atoms with Gasteiger partial charge in [-0.05, 0) is 6.42 Å². The fourth-order valence-corrected chi connectivity index (χ4v) is 2.07. The topological polar surface area (TPSA) is 98.6 Å². The molecule has 7 heteroatoms. The number of rotatable bonds is 4. The fraction of sp³-hybridized carbons (Fsp3) is 0.700. The summed E-state index contributed by atoms with van der Waals surface area (Å²) in [7, 11) is 0. The molecule has 17 heavy (non-hydrogen) atoms. The van der Waals surface area contributed by atoms with Gasteiger partial charge in [0.05, 0.1) is 24.1 Å². The van der Waals surface area contributed by atoms with Crippen LogP contribution in [0.3, 0.4) is 0 Å². The normalized spacial score (nSPS) is 21.9. The molecule has 0 radical (unpaired) electrons. The molecule has 4 N–H and O–H groups in total. The van der Waals surface area contributed by atoms with Gasteiger partial charge >= 0.3 is 0 Å². The molecule has 1 aliphatic heterocycles. The van der Waals surface area contributed by atoms with Crippen molar-refractivity contribution in [3.8, 4) is 0 Å². The Labute approximate surface area is 105 Å². The van der Waals surface area contributed by atoms with E-state index >= 15 is 0 Å². The zero-order valence-corrected chi connectivity index (χ0v) is 10.5. The van der Waals surface area contributed by atoms with E-state index < -0.39 is 17.9 Å². The number of morpholine rings is 1. The van der Waals surface area contributed by atoms with E-state index in [0.717, 1.165) is 0 Å². The Morgan fingerprint density at radius 2 is 2.18 bits per heavy atom. The van der Waals surface area contributed by atoms with Crippen molar-refractivity contribution < 1.29 is 14.3 Å². The van der Waals surface area contributed by atoms with Crippen LogP contribution < -0.4 is 11.5 Å². The van der Waals surface area contributed by atoms with Crippen molar-refractivity contribution in [2.45, 2.75) is 19.4 Å². The number of carbonyl (C=O) groups is 2. The summed E-state index contributed by atoms with van der Waals surface area (Å²) in [6.07, 6.45) is 0.511. The minimum absolute atomic E-state index is 0.134. The largest absolute Gasteiger partial charge is 0.393 e. The molecule has 1 fully saturated rings. The first kappa shape index (κ1) is 13.9. The molecular weight excluding hydrogens is 242 g/mol. The second-order valence-corrected chi connectivity index (χ2v) is 4.36. The van der Waals surface area contributed by atoms with Crippen LogP contribution in [0.4, 0.5) is 0 Å². The molecule has 2 atom stereocenters. The van der Waals surface area contributed by atoms with Gasteiger partial charge in [-0.2, -0.15) is 0 Å². The van der Waals surface area contributed by atoms with Gasteiger partial charge in [-0.25, -0.2) is 0 Å². The van der Waals surface area contributed by atoms with E-state index in [4.69, 9.17) is 28.4 Å². The lowest BCUT2D eigenvalue weighted by molar-refractivity contribution is -0.148. The van der Waals surface area contributed by atoms with Crippen molar-refractivity contribution in [3.63, 3.8) is 0 Å². The van der Waals surface area contributed by atoms with E-state index in [2.05, 4.69) is 0 Å². The maximum Gasteiger partial charge on any atom is 0.242 e. The van der Waals surface area contributed by atoms with Gasteiger partial charge in [0.25, 0.3) is 0 Å². The molecule has 0 aromatic rings. The van der Waals surface area contributed by atoms with Crippen LogP contribution in [0.15, 0.2) is 0 Å². The predicted molar refractivity (Wildman–Crippen MR) is 66.1 cm³/mol. The minimum Gasteiger partial charge on any atom is -0.393 e. The summed E-state index contributed by atoms with van der Waals surface area (Å²) in [6.45, 7) is 2.69. The van der Waals surface area contributed by atoms with Crippen LogP contribution in [0.5, 0.6) is 0 Å². The van der Waals surface area contributed by atoms with Crippen molar-refractivity contribution in [2.75, 3.05) is 19.8 Å². The molecular formula is C10H17N3O3S. The number of thiocarbonyl (C=S) groups is 1. The highest BCUT2D eigenvalue weighted by Gasteiger charge is 2.35. The molecule has 1 saturated heterocycles. The highest BCUT2D eigenvalue weighted by atomic mass is 32.1. The van der Waals surface area contributed by atoms with Gasteiger partial charge in [0.2, 0.25) is 11.8 Å². The molecule has 2 amide bonds. The summed E-state index contributed by atoms with van der Waals surface area (Å²) in [5.74, 6) is -1.35. The van der Waals surface area contributed by atoms with Crippen LogP contribution in [-0.4, -0.2) is 47.5 Å². The van der Waals surface area contributed by atoms with Crippen LogP contribution in [0.1, 0.15) is 13.3 Å². The van der Waals surface area contributed by atoms with Crippen LogP contribution >= 0.6 is 12.2 Å². The van der Waals surface area contributed by atoms with Gasteiger partial charge in [0.1, 0.15) is 6.04 Å². The SMILES string of the molecule is CCC(C(=O)N1CCOCC1C(N)=O)C(N)=S. The number of primary amides is 1. The van der Waals surface area contributed by atoms with E-state index in [9.17, 15) is 9.59 Å². The van der Waals surface area contributed by atoms with Crippen molar-refractivity contribution in [3.05, 3.63) is 0 Å². The number of amides is 2. The Hall–Kier alpha value is -1.21. The lowest BCUT2D eigenvalue weighted by Gasteiger charge is -2.35. The third-order valence-corrected chi connectivity index (χ3v) is 3.07. The van der Waals surface area contributed by atoms with E-state index in [-0.39, 0.29) is 17.5 Å². The van der Waals surface area contributed by atoms with Gasteiger partial charge in [-0.15, -0.1) is 0 Å². The second-order valence-electron chi connectivity index (χ2n) is 3.89. The van der Waals surface area contributed by atoms with Crippen molar-refractivity contribution >= 4 is 29.0 Å². The average molecular weight is 259 g/mol. The first-order chi connectivity index (χ1) is 7.99. The van der Waals surface area contributed by atoms with E-state index in [0.29, 0.717) is 19.6 Å². The Bertz CT molecular complexity index is 335. The quantitative estimate of drug-likeness (QED) is 0.632. The number of nitrogens with zero attached hydrogens (tertiary/aromatic N) is 1. The highest BCUT2D eigenvalue weighted by molar-refractivity contribution is 7.80. The Balaban J connectivity index is 2.84. The Morgan fingerprint density at radius 3 is 2.65 bits per heavy atom. The zero-order valence-electron chi connectivity index (χ0n) is 9.72. The van der Waals surface area contributed by atoms with Crippen molar-refractivity contribution in [1.82, 2.24) is 4.90 Å². The summed E-state index contributed by atoms with van der Waals surface area (Å²) in [5, 5.41) is 0. The summed E-state index contributed by atoms with van der Waals surface area (Å²) >= 11 is 4.85. The van der Waals surface area contributed by atoms with Gasteiger partial charge in [0.15, 0.2) is 0 Å². The van der Waals surface area contributed by atoms with Crippen molar-refractivity contribution in [2.24, 2.45) is 17.4 Å². The maximum atomic E-state index is 12.2. The number of hydrogen-bond acceptors (Lipinski definition) is 4. The molecule has 2 unspecified atom stereocenters. The Kier molecular flexibility index (Phi) is 4.83. The molecule has 6 nitrogen and oxygen atoms in total. The Morgan fingerprint density at radius 1 is 1.53 bits per heavy atom. The number of ether oxygens (including phenoxy) is 1. The summed E-state index contributed by atoms with van der Waals surface area (Å²) < 4.78 is 5.14. The van der Waals surface area contributed by atoms with Gasteiger partial charge in [-0.1, -0.05) is 19.1 Å². The van der Waals surface area contributed by atoms with Crippen LogP contribution in [0.2, 0.25) is 0 Å². The highest BCUT2D eigenvalue weighted by Crippen LogP contribution is 2.14. The lowest BCUT2D eigenvalue weighted by atomic mass is 10.0. The summed E-state index contributed by atoms with van der Waals surface area (Å²) in [6, 6.07) is -0.723. The maximum absolute atomic E-state index is 12.2. The number of nitrogens with two attached hydrogens (primary N) is 2. The van der Waals surface area contributed by atoms with Gasteiger partial charge in [-0.3, -0.25) is 9.59 Å². The molecule has 0 aromatic carbocycles. The number of carbonyl (C=O) groups excluding carboxylic acids is 2. The van der Waals surface area contributed by atoms with E-state index in [1.165, 1.54) is 4.90 Å². The minimum atomic E-state index is -0.723. The summed E-state index contributed by atoms with van der Waals surface area (Å²) in [5.41, 5.74) is 10.7. The fourth-order valence-electron chi connectivity index (χ4n) is 1.80. The smallest absolute Gasteiger partial charge is 0.242 e. The predicted octanol–water partition coefficient (Wildman–Crippen LogP) is -0.989. The van der Waals surface area contributed by atoms with Crippen LogP contribution in [0, 0.1) is 5.92 Å². The van der Waals surface area contributed by atoms with E-state index in [1.54, 1.807) is 0 Å². The van der Waals surface area contributed by atoms with Crippen LogP contribution in [0.25, 0.3) is 0 Å². The summed E-state index contributed by atoms with van der Waals surface area (Å²) in [4.78, 5) is 25.0. The van der Waals surface area contributed by atoms with Gasteiger partial charge in [0, 0.05) is 6.54 Å². The third kappa shape index (κ3) is 3.13. The van der Waals surface area contributed by atoms with Crippen molar-refractivity contribution in [1.29, 1.82) is 0 Å². The second kappa shape index (κ2) is 5.92. The molecule has 1 rings (SSSR count). The molecule has 0 spiro atoms. The number of hydrogen-bond donors (Lipinski definition) is 2. The molecule has 0 saturated carbocycles. The molecule has 0 aromatic heterocycles. The van der Waals surface area contributed by atoms with Gasteiger partial charge < -0.3 is 21.1 Å². The average Bonchev–Trinajstić information content (AvgIpc) is 2.29. The molecule has 1 aliphatic rings. The van der Waals surface area contributed by atoms with Crippen LogP contribution in [-0.2, 0) is 14.3 Å². The zero-order chi connectivity index (χ0) is 13.0. The first-order valence-electron chi connectivity index (χ1n) is 5.45. The standard InChI is InChI=1S/C10H17N3O3S/c1-2-6(9(12)17)10(15)13-3-4-16-5-7(13)8(11)14/h6-7H,2-5H2,1H3,(H2,11,14)(H2,12,17). The lowest BCUT2D eigenvalue weighted by Crippen LogP contribution is -2.57. The first-order valence-corrected chi connectivity index (χ1v) is 5.86. The molecule has 96 valence electrons. The molecule has 1 heterocycles.